The van der Waals surface area contributed by atoms with Crippen LogP contribution in [0.15, 0.2) is 30.3 Å². The molecular weight excluding hydrogens is 397 g/mol. The van der Waals surface area contributed by atoms with Gasteiger partial charge in [-0.25, -0.2) is 4.79 Å². The molecule has 0 saturated carbocycles. The first-order valence-corrected chi connectivity index (χ1v) is 9.26. The molecule has 2 aromatic rings. The molecule has 2 aromatic carbocycles. The largest absolute Gasteiger partial charge is 0.449 e. The average molecular weight is 413 g/mol. The topological polar surface area (TPSA) is 55.4 Å². The molecule has 1 amide bonds. The summed E-state index contributed by atoms with van der Waals surface area (Å²) in [7, 11) is 0. The van der Waals surface area contributed by atoms with E-state index in [1.807, 2.05) is 12.1 Å². The van der Waals surface area contributed by atoms with E-state index in [-0.39, 0.29) is 15.7 Å². The summed E-state index contributed by atoms with van der Waals surface area (Å²) in [5, 5.41) is 3.32. The predicted molar refractivity (Wildman–Crippen MR) is 103 cm³/mol. The van der Waals surface area contributed by atoms with Crippen molar-refractivity contribution in [2.45, 2.75) is 32.3 Å². The van der Waals surface area contributed by atoms with E-state index >= 15 is 0 Å². The molecule has 0 bridgehead atoms. The third kappa shape index (κ3) is 4.14. The molecular formula is C19H16Cl3NO3. The van der Waals surface area contributed by atoms with Crippen LogP contribution in [-0.4, -0.2) is 18.0 Å². The number of benzene rings is 2. The van der Waals surface area contributed by atoms with E-state index in [4.69, 9.17) is 39.5 Å². The Morgan fingerprint density at radius 2 is 1.69 bits per heavy atom. The van der Waals surface area contributed by atoms with Crippen molar-refractivity contribution in [3.63, 3.8) is 0 Å². The van der Waals surface area contributed by atoms with Gasteiger partial charge in [0.05, 0.1) is 21.3 Å². The lowest BCUT2D eigenvalue weighted by molar-refractivity contribution is -0.123. The molecule has 0 radical (unpaired) electrons. The highest BCUT2D eigenvalue weighted by molar-refractivity contribution is 6.42. The quantitative estimate of drug-likeness (QED) is 0.691. The van der Waals surface area contributed by atoms with Crippen LogP contribution in [0.4, 0.5) is 5.69 Å². The molecule has 0 spiro atoms. The fourth-order valence-electron chi connectivity index (χ4n) is 2.87. The van der Waals surface area contributed by atoms with Gasteiger partial charge in [-0.05, 0) is 61.6 Å². The normalized spacial score (nSPS) is 13.8. The minimum absolute atomic E-state index is 0.202. The average Bonchev–Trinajstić information content (AvgIpc) is 3.05. The summed E-state index contributed by atoms with van der Waals surface area (Å²) >= 11 is 17.9. The van der Waals surface area contributed by atoms with Crippen molar-refractivity contribution < 1.29 is 14.3 Å². The fourth-order valence-corrected chi connectivity index (χ4v) is 3.78. The molecule has 1 N–H and O–H groups in total. The zero-order chi connectivity index (χ0) is 18.8. The van der Waals surface area contributed by atoms with Crippen molar-refractivity contribution in [3.8, 4) is 0 Å². The standard InChI is InChI=1S/C19H16Cl3NO3/c1-10(18(24)23-17-15(21)8-14(20)9-16(17)22)26-19(25)13-6-5-11-3-2-4-12(11)7-13/h5-10H,2-4H2,1H3,(H,23,24)/t10-/m1/s1. The summed E-state index contributed by atoms with van der Waals surface area (Å²) in [6.45, 7) is 1.48. The number of amides is 1. The van der Waals surface area contributed by atoms with Gasteiger partial charge in [-0.15, -0.1) is 0 Å². The van der Waals surface area contributed by atoms with Crippen LogP contribution in [0, 0.1) is 0 Å². The molecule has 0 aliphatic heterocycles. The van der Waals surface area contributed by atoms with Crippen LogP contribution in [0.2, 0.25) is 15.1 Å². The van der Waals surface area contributed by atoms with Gasteiger partial charge >= 0.3 is 5.97 Å². The number of anilines is 1. The number of esters is 1. The number of carbonyl (C=O) groups is 2. The SMILES string of the molecule is C[C@@H](OC(=O)c1ccc2c(c1)CCC2)C(=O)Nc1c(Cl)cc(Cl)cc1Cl. The Hall–Kier alpha value is -1.75. The Morgan fingerprint density at radius 3 is 2.38 bits per heavy atom. The molecule has 7 heteroatoms. The molecule has 1 atom stereocenters. The van der Waals surface area contributed by atoms with Gasteiger partial charge in [-0.3, -0.25) is 4.79 Å². The van der Waals surface area contributed by atoms with Crippen molar-refractivity contribution in [2.24, 2.45) is 0 Å². The number of halogens is 3. The molecule has 26 heavy (non-hydrogen) atoms. The van der Waals surface area contributed by atoms with Gasteiger partial charge in [0.2, 0.25) is 0 Å². The summed E-state index contributed by atoms with van der Waals surface area (Å²) in [5.41, 5.74) is 3.09. The van der Waals surface area contributed by atoms with Crippen molar-refractivity contribution in [1.29, 1.82) is 0 Å². The van der Waals surface area contributed by atoms with Gasteiger partial charge in [0.25, 0.3) is 5.91 Å². The maximum Gasteiger partial charge on any atom is 0.338 e. The van der Waals surface area contributed by atoms with E-state index in [2.05, 4.69) is 5.32 Å². The Morgan fingerprint density at radius 1 is 1.04 bits per heavy atom. The molecule has 0 saturated heterocycles. The number of nitrogens with one attached hydrogen (secondary N) is 1. The second kappa shape index (κ2) is 7.87. The van der Waals surface area contributed by atoms with E-state index in [0.717, 1.165) is 24.8 Å². The minimum Gasteiger partial charge on any atom is -0.449 e. The summed E-state index contributed by atoms with van der Waals surface area (Å²) < 4.78 is 5.27. The van der Waals surface area contributed by atoms with Crippen LogP contribution in [0.25, 0.3) is 0 Å². The Kier molecular flexibility index (Phi) is 5.76. The van der Waals surface area contributed by atoms with Crippen LogP contribution in [0.1, 0.15) is 34.8 Å². The predicted octanol–water partition coefficient (Wildman–Crippen LogP) is 5.32. The monoisotopic (exact) mass is 411 g/mol. The molecule has 136 valence electrons. The van der Waals surface area contributed by atoms with Crippen molar-refractivity contribution in [1.82, 2.24) is 0 Å². The number of hydrogen-bond acceptors (Lipinski definition) is 3. The highest BCUT2D eigenvalue weighted by atomic mass is 35.5. The molecule has 3 rings (SSSR count). The first-order chi connectivity index (χ1) is 12.3. The number of carbonyl (C=O) groups excluding carboxylic acids is 2. The summed E-state index contributed by atoms with van der Waals surface area (Å²) in [4.78, 5) is 24.6. The maximum absolute atomic E-state index is 12.3. The number of fused-ring (bicyclic) bond motifs is 1. The summed E-state index contributed by atoms with van der Waals surface area (Å²) in [5.74, 6) is -1.08. The third-order valence-electron chi connectivity index (χ3n) is 4.24. The van der Waals surface area contributed by atoms with Crippen molar-refractivity contribution >= 4 is 52.4 Å². The van der Waals surface area contributed by atoms with Crippen LogP contribution >= 0.6 is 34.8 Å². The van der Waals surface area contributed by atoms with E-state index in [0.29, 0.717) is 10.6 Å². The molecule has 1 aliphatic rings. The van der Waals surface area contributed by atoms with Crippen LogP contribution in [0.3, 0.4) is 0 Å². The lowest BCUT2D eigenvalue weighted by Gasteiger charge is -2.15. The Bertz CT molecular complexity index is 859. The number of ether oxygens (including phenoxy) is 1. The van der Waals surface area contributed by atoms with Gasteiger partial charge in [0.1, 0.15) is 0 Å². The highest BCUT2D eigenvalue weighted by Crippen LogP contribution is 2.33. The van der Waals surface area contributed by atoms with E-state index in [1.54, 1.807) is 6.07 Å². The van der Waals surface area contributed by atoms with Crippen molar-refractivity contribution in [2.75, 3.05) is 5.32 Å². The molecule has 0 heterocycles. The lowest BCUT2D eigenvalue weighted by Crippen LogP contribution is -2.30. The molecule has 0 aromatic heterocycles. The number of hydrogen-bond donors (Lipinski definition) is 1. The Labute approximate surface area is 166 Å². The minimum atomic E-state index is -1.02. The second-order valence-corrected chi connectivity index (χ2v) is 7.37. The first-order valence-electron chi connectivity index (χ1n) is 8.13. The maximum atomic E-state index is 12.3. The van der Waals surface area contributed by atoms with E-state index in [9.17, 15) is 9.59 Å². The van der Waals surface area contributed by atoms with Crippen LogP contribution in [0.5, 0.6) is 0 Å². The summed E-state index contributed by atoms with van der Waals surface area (Å²) in [6.07, 6.45) is 2.07. The number of rotatable bonds is 4. The van der Waals surface area contributed by atoms with Gasteiger partial charge in [0, 0.05) is 5.02 Å². The Balaban J connectivity index is 1.67. The lowest BCUT2D eigenvalue weighted by atomic mass is 10.1. The van der Waals surface area contributed by atoms with Crippen LogP contribution < -0.4 is 5.32 Å². The third-order valence-corrected chi connectivity index (χ3v) is 5.06. The van der Waals surface area contributed by atoms with E-state index in [1.165, 1.54) is 24.6 Å². The molecule has 1 aliphatic carbocycles. The van der Waals surface area contributed by atoms with Gasteiger partial charge in [0.15, 0.2) is 6.10 Å². The van der Waals surface area contributed by atoms with Gasteiger partial charge < -0.3 is 10.1 Å². The van der Waals surface area contributed by atoms with E-state index < -0.39 is 18.0 Å². The second-order valence-electron chi connectivity index (χ2n) is 6.12. The number of aryl methyl sites for hydroxylation is 2. The first kappa shape index (κ1) is 19.0. The van der Waals surface area contributed by atoms with Crippen LogP contribution in [-0.2, 0) is 22.4 Å². The zero-order valence-electron chi connectivity index (χ0n) is 13.9. The summed E-state index contributed by atoms with van der Waals surface area (Å²) in [6, 6.07) is 8.43. The molecule has 0 unspecified atom stereocenters. The molecule has 4 nitrogen and oxygen atoms in total. The fraction of sp³-hybridized carbons (Fsp3) is 0.263. The molecule has 0 fully saturated rings. The smallest absolute Gasteiger partial charge is 0.338 e. The highest BCUT2D eigenvalue weighted by Gasteiger charge is 2.22. The zero-order valence-corrected chi connectivity index (χ0v) is 16.2. The van der Waals surface area contributed by atoms with Crippen molar-refractivity contribution in [3.05, 3.63) is 62.1 Å². The van der Waals surface area contributed by atoms with Gasteiger partial charge in [-0.1, -0.05) is 40.9 Å². The van der Waals surface area contributed by atoms with Gasteiger partial charge in [-0.2, -0.15) is 0 Å².